The van der Waals surface area contributed by atoms with Gasteiger partial charge < -0.3 is 10.1 Å². The second-order valence-corrected chi connectivity index (χ2v) is 10.4. The number of carbonyl (C=O) groups is 1. The minimum absolute atomic E-state index is 0.192. The summed E-state index contributed by atoms with van der Waals surface area (Å²) in [5, 5.41) is 3.15. The molecule has 1 N–H and O–H groups in total. The largest absolute Gasteiger partial charge is 0.495 e. The van der Waals surface area contributed by atoms with Gasteiger partial charge >= 0.3 is 5.69 Å². The van der Waals surface area contributed by atoms with E-state index in [1.54, 1.807) is 32.2 Å². The van der Waals surface area contributed by atoms with E-state index in [9.17, 15) is 14.4 Å². The first-order chi connectivity index (χ1) is 15.3. The van der Waals surface area contributed by atoms with E-state index >= 15 is 0 Å². The molecular weight excluding hydrogens is 466 g/mol. The third-order valence-corrected chi connectivity index (χ3v) is 6.34. The number of hydrogen-bond donors (Lipinski definition) is 1. The van der Waals surface area contributed by atoms with Crippen molar-refractivity contribution in [2.45, 2.75) is 43.4 Å². The maximum atomic E-state index is 13.0. The van der Waals surface area contributed by atoms with E-state index in [1.807, 2.05) is 20.8 Å². The van der Waals surface area contributed by atoms with Gasteiger partial charge in [-0.15, -0.1) is 0 Å². The Hall–Kier alpha value is -2.85. The van der Waals surface area contributed by atoms with Crippen LogP contribution in [0, 0.1) is 0 Å². The maximum Gasteiger partial charge on any atom is 0.332 e. The van der Waals surface area contributed by atoms with Gasteiger partial charge in [-0.25, -0.2) is 14.8 Å². The number of rotatable bonds is 5. The van der Waals surface area contributed by atoms with E-state index < -0.39 is 21.9 Å². The molecular formula is C22H26ClN5O4S. The van der Waals surface area contributed by atoms with Crippen molar-refractivity contribution in [1.82, 2.24) is 19.1 Å². The summed E-state index contributed by atoms with van der Waals surface area (Å²) in [6, 6.07) is 4.92. The number of benzene rings is 1. The lowest BCUT2D eigenvalue weighted by atomic mass is 9.96. The molecule has 0 bridgehead atoms. The number of nitrogens with zero attached hydrogens (tertiary/aromatic N) is 4. The quantitative estimate of drug-likeness (QED) is 0.431. The molecule has 1 unspecified atom stereocenters. The molecule has 1 atom stereocenters. The van der Waals surface area contributed by atoms with Gasteiger partial charge in [-0.3, -0.25) is 18.7 Å². The van der Waals surface area contributed by atoms with Gasteiger partial charge in [0.2, 0.25) is 5.91 Å². The predicted octanol–water partition coefficient (Wildman–Crippen LogP) is 3.11. The van der Waals surface area contributed by atoms with Gasteiger partial charge in [0.15, 0.2) is 5.65 Å². The standard InChI is InChI=1S/C22H26ClN5O4S/c1-11(17(29)24-13-10-12(23)8-9-14(13)32-7)33-18-15-16(25-20(26-18)22(2,3)4)27(5)21(31)28(6)19(15)30/h8-11H,1-7H3,(H,24,29). The molecule has 2 aromatic heterocycles. The summed E-state index contributed by atoms with van der Waals surface area (Å²) in [4.78, 5) is 47.5. The lowest BCUT2D eigenvalue weighted by Gasteiger charge is -2.20. The number of halogens is 1. The molecule has 3 aromatic rings. The van der Waals surface area contributed by atoms with Crippen molar-refractivity contribution in [2.24, 2.45) is 14.1 Å². The van der Waals surface area contributed by atoms with Crippen LogP contribution in [0.15, 0.2) is 32.8 Å². The zero-order valence-electron chi connectivity index (χ0n) is 19.5. The molecule has 3 rings (SSSR count). The topological polar surface area (TPSA) is 108 Å². The minimum Gasteiger partial charge on any atom is -0.495 e. The Labute approximate surface area is 200 Å². The SMILES string of the molecule is COc1ccc(Cl)cc1NC(=O)C(C)Sc1nc(C(C)(C)C)nc2c1c(=O)n(C)c(=O)n2C. The Morgan fingerprint density at radius 2 is 1.85 bits per heavy atom. The van der Waals surface area contributed by atoms with Gasteiger partial charge in [-0.05, 0) is 25.1 Å². The highest BCUT2D eigenvalue weighted by Crippen LogP contribution is 2.32. The highest BCUT2D eigenvalue weighted by molar-refractivity contribution is 8.00. The molecule has 1 aromatic carbocycles. The average Bonchev–Trinajstić information content (AvgIpc) is 2.75. The molecule has 0 aliphatic carbocycles. The molecule has 0 radical (unpaired) electrons. The molecule has 0 fully saturated rings. The number of anilines is 1. The highest BCUT2D eigenvalue weighted by Gasteiger charge is 2.26. The summed E-state index contributed by atoms with van der Waals surface area (Å²) < 4.78 is 7.61. The fourth-order valence-corrected chi connectivity index (χ4v) is 4.19. The Morgan fingerprint density at radius 3 is 2.45 bits per heavy atom. The molecule has 9 nitrogen and oxygen atoms in total. The number of carbonyl (C=O) groups excluding carboxylic acids is 1. The second kappa shape index (κ2) is 9.18. The number of aryl methyl sites for hydroxylation is 1. The molecule has 0 spiro atoms. The van der Waals surface area contributed by atoms with E-state index in [-0.39, 0.29) is 16.9 Å². The van der Waals surface area contributed by atoms with Crippen LogP contribution in [0.25, 0.3) is 11.0 Å². The van der Waals surface area contributed by atoms with E-state index in [1.165, 1.54) is 18.7 Å². The Bertz CT molecular complexity index is 1360. The summed E-state index contributed by atoms with van der Waals surface area (Å²) in [5.74, 6) is 0.604. The van der Waals surface area contributed by atoms with Crippen molar-refractivity contribution < 1.29 is 9.53 Å². The van der Waals surface area contributed by atoms with Crippen LogP contribution in [0.5, 0.6) is 5.75 Å². The first kappa shape index (κ1) is 24.8. The van der Waals surface area contributed by atoms with Crippen molar-refractivity contribution in [2.75, 3.05) is 12.4 Å². The van der Waals surface area contributed by atoms with Crippen molar-refractivity contribution in [3.63, 3.8) is 0 Å². The number of fused-ring (bicyclic) bond motifs is 1. The summed E-state index contributed by atoms with van der Waals surface area (Å²) >= 11 is 7.18. The Balaban J connectivity index is 2.08. The zero-order chi connectivity index (χ0) is 24.7. The number of hydrogen-bond acceptors (Lipinski definition) is 7. The lowest BCUT2D eigenvalue weighted by molar-refractivity contribution is -0.115. The van der Waals surface area contributed by atoms with Crippen LogP contribution in [0.4, 0.5) is 5.69 Å². The lowest BCUT2D eigenvalue weighted by Crippen LogP contribution is -2.38. The van der Waals surface area contributed by atoms with Gasteiger partial charge in [0.25, 0.3) is 5.56 Å². The van der Waals surface area contributed by atoms with E-state index in [0.717, 1.165) is 16.3 Å². The van der Waals surface area contributed by atoms with Crippen LogP contribution in [-0.2, 0) is 24.3 Å². The van der Waals surface area contributed by atoms with E-state index in [4.69, 9.17) is 16.3 Å². The van der Waals surface area contributed by atoms with Crippen molar-refractivity contribution in [3.05, 3.63) is 49.9 Å². The van der Waals surface area contributed by atoms with Gasteiger partial charge in [0, 0.05) is 24.5 Å². The molecule has 2 heterocycles. The monoisotopic (exact) mass is 491 g/mol. The van der Waals surface area contributed by atoms with Crippen LogP contribution in [-0.4, -0.2) is 37.4 Å². The van der Waals surface area contributed by atoms with Crippen molar-refractivity contribution in [1.29, 1.82) is 0 Å². The van der Waals surface area contributed by atoms with Crippen LogP contribution in [0.3, 0.4) is 0 Å². The number of amides is 1. The van der Waals surface area contributed by atoms with Crippen LogP contribution in [0.2, 0.25) is 5.02 Å². The van der Waals surface area contributed by atoms with Crippen molar-refractivity contribution in [3.8, 4) is 5.75 Å². The molecule has 0 aliphatic heterocycles. The molecule has 0 saturated carbocycles. The van der Waals surface area contributed by atoms with Crippen LogP contribution in [0.1, 0.15) is 33.5 Å². The molecule has 0 saturated heterocycles. The maximum absolute atomic E-state index is 13.0. The van der Waals surface area contributed by atoms with Crippen LogP contribution >= 0.6 is 23.4 Å². The number of aromatic nitrogens is 4. The summed E-state index contributed by atoms with van der Waals surface area (Å²) in [5.41, 5.74) is -0.778. The number of thioether (sulfide) groups is 1. The first-order valence-electron chi connectivity index (χ1n) is 10.1. The second-order valence-electron chi connectivity index (χ2n) is 8.60. The Morgan fingerprint density at radius 1 is 1.18 bits per heavy atom. The molecule has 33 heavy (non-hydrogen) atoms. The third-order valence-electron chi connectivity index (χ3n) is 5.01. The van der Waals surface area contributed by atoms with Gasteiger partial charge in [-0.2, -0.15) is 0 Å². The fourth-order valence-electron chi connectivity index (χ4n) is 3.08. The van der Waals surface area contributed by atoms with Gasteiger partial charge in [0.05, 0.1) is 18.0 Å². The third kappa shape index (κ3) is 4.91. The number of methoxy groups -OCH3 is 1. The summed E-state index contributed by atoms with van der Waals surface area (Å²) in [6.45, 7) is 7.50. The average molecular weight is 492 g/mol. The molecule has 11 heteroatoms. The zero-order valence-corrected chi connectivity index (χ0v) is 21.1. The smallest absolute Gasteiger partial charge is 0.332 e. The molecule has 1 amide bonds. The Kier molecular flexibility index (Phi) is 6.90. The van der Waals surface area contributed by atoms with Gasteiger partial charge in [-0.1, -0.05) is 44.1 Å². The first-order valence-corrected chi connectivity index (χ1v) is 11.4. The number of ether oxygens (including phenoxy) is 1. The molecule has 176 valence electrons. The van der Waals surface area contributed by atoms with Crippen LogP contribution < -0.4 is 21.3 Å². The highest BCUT2D eigenvalue weighted by atomic mass is 35.5. The fraction of sp³-hybridized carbons (Fsp3) is 0.409. The summed E-state index contributed by atoms with van der Waals surface area (Å²) in [7, 11) is 4.45. The minimum atomic E-state index is -0.637. The predicted molar refractivity (Wildman–Crippen MR) is 131 cm³/mol. The van der Waals surface area contributed by atoms with E-state index in [0.29, 0.717) is 27.3 Å². The molecule has 0 aliphatic rings. The van der Waals surface area contributed by atoms with Crippen molar-refractivity contribution >= 4 is 46.0 Å². The summed E-state index contributed by atoms with van der Waals surface area (Å²) in [6.07, 6.45) is 0. The van der Waals surface area contributed by atoms with E-state index in [2.05, 4.69) is 15.3 Å². The van der Waals surface area contributed by atoms with Gasteiger partial charge in [0.1, 0.15) is 22.0 Å². The number of nitrogens with one attached hydrogen (secondary N) is 1. The normalized spacial score (nSPS) is 12.6.